The van der Waals surface area contributed by atoms with Crippen molar-refractivity contribution in [2.75, 3.05) is 6.61 Å². The Morgan fingerprint density at radius 2 is 1.69 bits per heavy atom. The van der Waals surface area contributed by atoms with Crippen molar-refractivity contribution < 1.29 is 14.3 Å². The van der Waals surface area contributed by atoms with Crippen molar-refractivity contribution in [1.29, 1.82) is 0 Å². The summed E-state index contributed by atoms with van der Waals surface area (Å²) in [6, 6.07) is 23.8. The van der Waals surface area contributed by atoms with Crippen molar-refractivity contribution in [1.82, 2.24) is 10.2 Å². The molecule has 184 valence electrons. The maximum Gasteiger partial charge on any atom is 0.261 e. The van der Waals surface area contributed by atoms with Gasteiger partial charge < -0.3 is 15.0 Å². The van der Waals surface area contributed by atoms with Crippen LogP contribution < -0.4 is 10.1 Å². The number of nitrogens with zero attached hydrogens (tertiary/aromatic N) is 1. The van der Waals surface area contributed by atoms with Crippen LogP contribution in [-0.4, -0.2) is 35.4 Å². The van der Waals surface area contributed by atoms with E-state index in [-0.39, 0.29) is 31.0 Å². The fraction of sp³-hybridized carbons (Fsp3) is 0.286. The third-order valence-electron chi connectivity index (χ3n) is 5.69. The summed E-state index contributed by atoms with van der Waals surface area (Å²) in [4.78, 5) is 28.6. The van der Waals surface area contributed by atoms with Crippen LogP contribution in [0.15, 0.2) is 78.9 Å². The van der Waals surface area contributed by atoms with E-state index in [0.29, 0.717) is 17.2 Å². The highest BCUT2D eigenvalue weighted by atomic mass is 127. The smallest absolute Gasteiger partial charge is 0.261 e. The van der Waals surface area contributed by atoms with Gasteiger partial charge in [0, 0.05) is 27.6 Å². The van der Waals surface area contributed by atoms with Gasteiger partial charge in [0.25, 0.3) is 5.91 Å². The Kier molecular flexibility index (Phi) is 10.4. The molecule has 7 heteroatoms. The van der Waals surface area contributed by atoms with Gasteiger partial charge in [0.2, 0.25) is 5.91 Å². The first-order chi connectivity index (χ1) is 16.9. The lowest BCUT2D eigenvalue weighted by Crippen LogP contribution is -2.53. The summed E-state index contributed by atoms with van der Waals surface area (Å²) in [5, 5.41) is 3.64. The molecule has 2 amide bonds. The number of nitrogens with one attached hydrogen (secondary N) is 1. The van der Waals surface area contributed by atoms with Crippen molar-refractivity contribution in [3.63, 3.8) is 0 Å². The number of carbonyl (C=O) groups is 2. The number of benzene rings is 3. The van der Waals surface area contributed by atoms with Crippen LogP contribution in [0.3, 0.4) is 0 Å². The lowest BCUT2D eigenvalue weighted by Gasteiger charge is -2.32. The van der Waals surface area contributed by atoms with Gasteiger partial charge in [-0.2, -0.15) is 0 Å². The molecule has 0 spiro atoms. The second kappa shape index (κ2) is 13.5. The van der Waals surface area contributed by atoms with Crippen molar-refractivity contribution in [3.8, 4) is 5.75 Å². The van der Waals surface area contributed by atoms with E-state index < -0.39 is 6.04 Å². The van der Waals surface area contributed by atoms with Crippen LogP contribution in [-0.2, 0) is 22.6 Å². The summed E-state index contributed by atoms with van der Waals surface area (Å²) in [5.41, 5.74) is 1.81. The van der Waals surface area contributed by atoms with E-state index in [1.807, 2.05) is 86.6 Å². The predicted molar refractivity (Wildman–Crippen MR) is 148 cm³/mol. The van der Waals surface area contributed by atoms with Crippen molar-refractivity contribution in [2.24, 2.45) is 0 Å². The van der Waals surface area contributed by atoms with Gasteiger partial charge in [-0.1, -0.05) is 61.0 Å². The quantitative estimate of drug-likeness (QED) is 0.278. The topological polar surface area (TPSA) is 58.6 Å². The molecule has 0 bridgehead atoms. The minimum Gasteiger partial charge on any atom is -0.484 e. The van der Waals surface area contributed by atoms with Gasteiger partial charge in [-0.15, -0.1) is 0 Å². The average Bonchev–Trinajstić information content (AvgIpc) is 2.86. The number of hydrogen-bond donors (Lipinski definition) is 1. The summed E-state index contributed by atoms with van der Waals surface area (Å²) in [5.74, 6) is 0.141. The molecule has 3 rings (SSSR count). The molecule has 0 radical (unpaired) electrons. The zero-order valence-electron chi connectivity index (χ0n) is 19.9. The molecular formula is C28H30ClIN2O3. The fourth-order valence-electron chi connectivity index (χ4n) is 3.59. The predicted octanol–water partition coefficient (Wildman–Crippen LogP) is 5.88. The van der Waals surface area contributed by atoms with Gasteiger partial charge in [-0.3, -0.25) is 9.59 Å². The number of hydrogen-bond acceptors (Lipinski definition) is 3. The Hall–Kier alpha value is -2.58. The van der Waals surface area contributed by atoms with Crippen molar-refractivity contribution in [2.45, 2.75) is 45.3 Å². The maximum absolute atomic E-state index is 13.6. The van der Waals surface area contributed by atoms with Crippen LogP contribution >= 0.6 is 34.2 Å². The summed E-state index contributed by atoms with van der Waals surface area (Å²) in [6.07, 6.45) is 1.18. The van der Waals surface area contributed by atoms with Crippen LogP contribution in [0, 0.1) is 3.57 Å². The lowest BCUT2D eigenvalue weighted by molar-refractivity contribution is -0.143. The summed E-state index contributed by atoms with van der Waals surface area (Å²) in [6.45, 7) is 4.03. The molecule has 0 saturated carbocycles. The molecule has 0 heterocycles. The molecule has 0 aliphatic rings. The maximum atomic E-state index is 13.6. The number of amides is 2. The zero-order chi connectivity index (χ0) is 25.2. The second-order valence-corrected chi connectivity index (χ2v) is 10.1. The van der Waals surface area contributed by atoms with E-state index in [2.05, 4.69) is 27.9 Å². The lowest BCUT2D eigenvalue weighted by atomic mass is 10.0. The van der Waals surface area contributed by atoms with Crippen LogP contribution in [0.1, 0.15) is 31.4 Å². The number of carbonyl (C=O) groups excluding carboxylic acids is 2. The highest BCUT2D eigenvalue weighted by Crippen LogP contribution is 2.19. The molecule has 35 heavy (non-hydrogen) atoms. The van der Waals surface area contributed by atoms with Gasteiger partial charge >= 0.3 is 0 Å². The van der Waals surface area contributed by atoms with Gasteiger partial charge in [-0.05, 0) is 83.5 Å². The largest absolute Gasteiger partial charge is 0.484 e. The van der Waals surface area contributed by atoms with Crippen LogP contribution in [0.4, 0.5) is 0 Å². The Balaban J connectivity index is 1.90. The third-order valence-corrected chi connectivity index (χ3v) is 6.64. The monoisotopic (exact) mass is 604 g/mol. The van der Waals surface area contributed by atoms with E-state index in [1.165, 1.54) is 0 Å². The average molecular weight is 605 g/mol. The molecule has 0 fully saturated rings. The molecule has 0 aliphatic heterocycles. The van der Waals surface area contributed by atoms with Crippen LogP contribution in [0.5, 0.6) is 5.75 Å². The van der Waals surface area contributed by atoms with Crippen LogP contribution in [0.25, 0.3) is 0 Å². The third kappa shape index (κ3) is 8.54. The van der Waals surface area contributed by atoms with Gasteiger partial charge in [0.1, 0.15) is 11.8 Å². The first-order valence-corrected chi connectivity index (χ1v) is 13.1. The van der Waals surface area contributed by atoms with E-state index in [0.717, 1.165) is 21.1 Å². The number of ether oxygens (including phenoxy) is 1. The Morgan fingerprint density at radius 3 is 2.34 bits per heavy atom. The van der Waals surface area contributed by atoms with Crippen molar-refractivity contribution >= 4 is 46.0 Å². The Labute approximate surface area is 226 Å². The SMILES string of the molecule is CC[C@@H](C)NC(=O)[C@@H](Cc1ccccc1)N(Cc1cccc(Cl)c1)C(=O)COc1ccc(I)cc1. The normalized spacial score (nSPS) is 12.5. The summed E-state index contributed by atoms with van der Waals surface area (Å²) in [7, 11) is 0. The van der Waals surface area contributed by atoms with E-state index in [4.69, 9.17) is 16.3 Å². The van der Waals surface area contributed by atoms with E-state index >= 15 is 0 Å². The molecule has 0 unspecified atom stereocenters. The molecule has 0 saturated heterocycles. The highest BCUT2D eigenvalue weighted by Gasteiger charge is 2.31. The summed E-state index contributed by atoms with van der Waals surface area (Å²) >= 11 is 8.43. The fourth-order valence-corrected chi connectivity index (χ4v) is 4.16. The molecular weight excluding hydrogens is 575 g/mol. The molecule has 0 aliphatic carbocycles. The minimum atomic E-state index is -0.710. The first kappa shape index (κ1) is 27.0. The van der Waals surface area contributed by atoms with Crippen molar-refractivity contribution in [3.05, 3.63) is 98.6 Å². The second-order valence-electron chi connectivity index (χ2n) is 8.42. The number of halogens is 2. The molecule has 5 nitrogen and oxygen atoms in total. The molecule has 3 aromatic carbocycles. The van der Waals surface area contributed by atoms with E-state index in [9.17, 15) is 9.59 Å². The molecule has 2 atom stereocenters. The number of rotatable bonds is 11. The van der Waals surface area contributed by atoms with E-state index in [1.54, 1.807) is 11.0 Å². The molecule has 1 N–H and O–H groups in total. The zero-order valence-corrected chi connectivity index (χ0v) is 22.8. The molecule has 3 aromatic rings. The summed E-state index contributed by atoms with van der Waals surface area (Å²) < 4.78 is 6.87. The van der Waals surface area contributed by atoms with Gasteiger partial charge in [0.05, 0.1) is 0 Å². The Bertz CT molecular complexity index is 1110. The minimum absolute atomic E-state index is 0.00747. The van der Waals surface area contributed by atoms with Crippen LogP contribution in [0.2, 0.25) is 5.02 Å². The Morgan fingerprint density at radius 1 is 1.00 bits per heavy atom. The van der Waals surface area contributed by atoms with Gasteiger partial charge in [0.15, 0.2) is 6.61 Å². The first-order valence-electron chi connectivity index (χ1n) is 11.6. The standard InChI is InChI=1S/C28H30ClIN2O3/c1-3-20(2)31-28(34)26(17-21-8-5-4-6-9-21)32(18-22-10-7-11-23(29)16-22)27(33)19-35-25-14-12-24(30)13-15-25/h4-16,20,26H,3,17-19H2,1-2H3,(H,31,34)/t20-,26-/m1/s1. The molecule has 0 aromatic heterocycles. The highest BCUT2D eigenvalue weighted by molar-refractivity contribution is 14.1. The van der Waals surface area contributed by atoms with Gasteiger partial charge in [-0.25, -0.2) is 0 Å².